The molecule has 0 fully saturated rings. The predicted octanol–water partition coefficient (Wildman–Crippen LogP) is 3.94. The van der Waals surface area contributed by atoms with E-state index in [4.69, 9.17) is 0 Å². The number of sulfonamides is 1. The molecule has 0 heterocycles. The van der Waals surface area contributed by atoms with Crippen LogP contribution in [0, 0.1) is 0 Å². The number of rotatable bonds is 6. The highest BCUT2D eigenvalue weighted by Crippen LogP contribution is 2.22. The normalized spacial score (nSPS) is 10.9. The molecular weight excluding hydrogens is 376 g/mol. The third-order valence-corrected chi connectivity index (χ3v) is 5.36. The van der Waals surface area contributed by atoms with Crippen LogP contribution < -0.4 is 10.0 Å². The number of carbonyl (C=O) groups excluding carboxylic acids is 2. The van der Waals surface area contributed by atoms with Crippen molar-refractivity contribution in [1.82, 2.24) is 0 Å². The van der Waals surface area contributed by atoms with Crippen LogP contribution in [0.5, 0.6) is 0 Å². The van der Waals surface area contributed by atoms with Crippen molar-refractivity contribution in [2.75, 3.05) is 10.0 Å². The fourth-order valence-corrected chi connectivity index (χ4v) is 3.70. The van der Waals surface area contributed by atoms with Gasteiger partial charge in [0.1, 0.15) is 0 Å². The first-order chi connectivity index (χ1) is 13.4. The highest BCUT2D eigenvalue weighted by molar-refractivity contribution is 7.92. The molecule has 0 aliphatic heterocycles. The van der Waals surface area contributed by atoms with E-state index >= 15 is 0 Å². The maximum atomic E-state index is 12.8. The Labute approximate surface area is 163 Å². The summed E-state index contributed by atoms with van der Waals surface area (Å²) in [4.78, 5) is 24.1. The molecule has 0 aliphatic rings. The van der Waals surface area contributed by atoms with Gasteiger partial charge in [-0.05, 0) is 43.3 Å². The summed E-state index contributed by atoms with van der Waals surface area (Å²) in [5, 5.41) is 2.73. The Kier molecular flexibility index (Phi) is 5.56. The fourth-order valence-electron chi connectivity index (χ4n) is 2.58. The summed E-state index contributed by atoms with van der Waals surface area (Å²) in [5.41, 5.74) is 1.21. The number of hydrogen-bond acceptors (Lipinski definition) is 4. The molecule has 0 aliphatic carbocycles. The lowest BCUT2D eigenvalue weighted by Gasteiger charge is -2.13. The zero-order valence-corrected chi connectivity index (χ0v) is 15.9. The summed E-state index contributed by atoms with van der Waals surface area (Å²) in [6.45, 7) is 1.36. The van der Waals surface area contributed by atoms with E-state index in [9.17, 15) is 18.0 Å². The number of Topliss-reactive ketones (excluding diaryl/α,β-unsaturated/α-hetero) is 1. The predicted molar refractivity (Wildman–Crippen MR) is 108 cm³/mol. The van der Waals surface area contributed by atoms with E-state index in [0.29, 0.717) is 5.69 Å². The van der Waals surface area contributed by atoms with Crippen LogP contribution in [-0.4, -0.2) is 20.1 Å². The van der Waals surface area contributed by atoms with Crippen molar-refractivity contribution in [2.24, 2.45) is 0 Å². The van der Waals surface area contributed by atoms with Gasteiger partial charge in [-0.15, -0.1) is 0 Å². The lowest BCUT2D eigenvalue weighted by molar-refractivity contribution is 0.101. The average Bonchev–Trinajstić information content (AvgIpc) is 2.69. The van der Waals surface area contributed by atoms with Crippen molar-refractivity contribution in [1.29, 1.82) is 0 Å². The summed E-state index contributed by atoms with van der Waals surface area (Å²) >= 11 is 0. The standard InChI is InChI=1S/C21H18N2O4S/c1-15(24)16-8-7-11-18(14-16)28(26,27)23-20-13-6-5-12-19(20)21(25)22-17-9-3-2-4-10-17/h2-14,23H,1H3,(H,22,25). The summed E-state index contributed by atoms with van der Waals surface area (Å²) in [6, 6.07) is 20.9. The average molecular weight is 394 g/mol. The van der Waals surface area contributed by atoms with E-state index in [2.05, 4.69) is 10.0 Å². The quantitative estimate of drug-likeness (QED) is 0.620. The van der Waals surface area contributed by atoms with E-state index in [-0.39, 0.29) is 27.5 Å². The molecule has 6 nitrogen and oxygen atoms in total. The molecule has 28 heavy (non-hydrogen) atoms. The molecule has 142 valence electrons. The van der Waals surface area contributed by atoms with Gasteiger partial charge in [-0.25, -0.2) is 8.42 Å². The molecule has 0 aromatic heterocycles. The molecule has 2 N–H and O–H groups in total. The molecule has 0 unspecified atom stereocenters. The second kappa shape index (κ2) is 8.06. The van der Waals surface area contributed by atoms with Gasteiger partial charge in [-0.2, -0.15) is 0 Å². The Morgan fingerprint density at radius 3 is 2.21 bits per heavy atom. The van der Waals surface area contributed by atoms with Gasteiger partial charge in [-0.3, -0.25) is 14.3 Å². The minimum Gasteiger partial charge on any atom is -0.322 e. The maximum absolute atomic E-state index is 12.8. The summed E-state index contributed by atoms with van der Waals surface area (Å²) in [5.74, 6) is -0.679. The molecule has 1 amide bonds. The van der Waals surface area contributed by atoms with Gasteiger partial charge in [0.05, 0.1) is 16.1 Å². The third kappa shape index (κ3) is 4.44. The first kappa shape index (κ1) is 19.3. The van der Waals surface area contributed by atoms with Crippen molar-refractivity contribution < 1.29 is 18.0 Å². The van der Waals surface area contributed by atoms with Crippen LogP contribution in [0.1, 0.15) is 27.6 Å². The van der Waals surface area contributed by atoms with Gasteiger partial charge in [-0.1, -0.05) is 42.5 Å². The SMILES string of the molecule is CC(=O)c1cccc(S(=O)(=O)Nc2ccccc2C(=O)Nc2ccccc2)c1. The maximum Gasteiger partial charge on any atom is 0.261 e. The Bertz CT molecular complexity index is 1130. The van der Waals surface area contributed by atoms with Crippen LogP contribution >= 0.6 is 0 Å². The van der Waals surface area contributed by atoms with Crippen LogP contribution in [0.15, 0.2) is 83.8 Å². The van der Waals surface area contributed by atoms with Crippen molar-refractivity contribution in [3.8, 4) is 0 Å². The number of nitrogens with one attached hydrogen (secondary N) is 2. The van der Waals surface area contributed by atoms with Gasteiger partial charge in [0.25, 0.3) is 15.9 Å². The highest BCUT2D eigenvalue weighted by atomic mass is 32.2. The zero-order chi connectivity index (χ0) is 20.1. The number of carbonyl (C=O) groups is 2. The smallest absolute Gasteiger partial charge is 0.261 e. The van der Waals surface area contributed by atoms with Crippen LogP contribution in [0.25, 0.3) is 0 Å². The van der Waals surface area contributed by atoms with Crippen LogP contribution in [0.4, 0.5) is 11.4 Å². The minimum atomic E-state index is -3.98. The minimum absolute atomic E-state index is 0.0570. The molecule has 0 atom stereocenters. The number of anilines is 2. The lowest BCUT2D eigenvalue weighted by atomic mass is 10.1. The van der Waals surface area contributed by atoms with Gasteiger partial charge < -0.3 is 5.32 Å². The molecule has 3 rings (SSSR count). The Morgan fingerprint density at radius 1 is 0.821 bits per heavy atom. The molecule has 0 spiro atoms. The zero-order valence-electron chi connectivity index (χ0n) is 15.0. The molecule has 0 radical (unpaired) electrons. The van der Waals surface area contributed by atoms with E-state index < -0.39 is 15.9 Å². The number of hydrogen-bond donors (Lipinski definition) is 2. The number of amides is 1. The van der Waals surface area contributed by atoms with Gasteiger partial charge in [0.15, 0.2) is 5.78 Å². The topological polar surface area (TPSA) is 92.3 Å². The lowest BCUT2D eigenvalue weighted by Crippen LogP contribution is -2.18. The van der Waals surface area contributed by atoms with Crippen molar-refractivity contribution in [3.05, 3.63) is 90.0 Å². The third-order valence-electron chi connectivity index (χ3n) is 4.00. The summed E-state index contributed by atoms with van der Waals surface area (Å²) in [6.07, 6.45) is 0. The number of para-hydroxylation sites is 2. The highest BCUT2D eigenvalue weighted by Gasteiger charge is 2.19. The number of benzene rings is 3. The fraction of sp³-hybridized carbons (Fsp3) is 0.0476. The Morgan fingerprint density at radius 2 is 1.50 bits per heavy atom. The van der Waals surface area contributed by atoms with E-state index in [1.165, 1.54) is 37.3 Å². The Hall–Kier alpha value is -3.45. The molecule has 0 saturated heterocycles. The second-order valence-corrected chi connectivity index (χ2v) is 7.74. The van der Waals surface area contributed by atoms with E-state index in [1.807, 2.05) is 6.07 Å². The Balaban J connectivity index is 1.89. The van der Waals surface area contributed by atoms with E-state index in [0.717, 1.165) is 0 Å². The van der Waals surface area contributed by atoms with Gasteiger partial charge >= 0.3 is 0 Å². The number of ketones is 1. The van der Waals surface area contributed by atoms with Crippen LogP contribution in [-0.2, 0) is 10.0 Å². The first-order valence-electron chi connectivity index (χ1n) is 8.46. The molecule has 0 saturated carbocycles. The van der Waals surface area contributed by atoms with Crippen molar-refractivity contribution >= 4 is 33.1 Å². The van der Waals surface area contributed by atoms with Crippen molar-refractivity contribution in [2.45, 2.75) is 11.8 Å². The summed E-state index contributed by atoms with van der Waals surface area (Å²) < 4.78 is 27.9. The van der Waals surface area contributed by atoms with Gasteiger partial charge in [0.2, 0.25) is 0 Å². The van der Waals surface area contributed by atoms with Gasteiger partial charge in [0, 0.05) is 11.3 Å². The molecule has 0 bridgehead atoms. The monoisotopic (exact) mass is 394 g/mol. The molecular formula is C21H18N2O4S. The summed E-state index contributed by atoms with van der Waals surface area (Å²) in [7, 11) is -3.98. The molecule has 7 heteroatoms. The van der Waals surface area contributed by atoms with Crippen LogP contribution in [0.3, 0.4) is 0 Å². The van der Waals surface area contributed by atoms with Crippen LogP contribution in [0.2, 0.25) is 0 Å². The first-order valence-corrected chi connectivity index (χ1v) is 9.94. The second-order valence-electron chi connectivity index (χ2n) is 6.06. The largest absolute Gasteiger partial charge is 0.322 e. The van der Waals surface area contributed by atoms with Crippen molar-refractivity contribution in [3.63, 3.8) is 0 Å². The molecule has 3 aromatic carbocycles. The van der Waals surface area contributed by atoms with E-state index in [1.54, 1.807) is 42.5 Å². The molecule has 3 aromatic rings.